The van der Waals surface area contributed by atoms with E-state index in [4.69, 9.17) is 11.6 Å². The summed E-state index contributed by atoms with van der Waals surface area (Å²) in [6.07, 6.45) is 1.93. The van der Waals surface area contributed by atoms with Crippen molar-refractivity contribution >= 4 is 33.0 Å². The molecule has 0 aliphatic heterocycles. The molecular weight excluding hydrogens is 408 g/mol. The fourth-order valence-electron chi connectivity index (χ4n) is 2.80. The van der Waals surface area contributed by atoms with Gasteiger partial charge in [0.2, 0.25) is 10.0 Å². The molecule has 1 fully saturated rings. The van der Waals surface area contributed by atoms with E-state index in [9.17, 15) is 13.2 Å². The molecule has 0 amide bonds. The third-order valence-corrected chi connectivity index (χ3v) is 6.81. The molecule has 2 aromatic heterocycles. The van der Waals surface area contributed by atoms with Gasteiger partial charge in [-0.2, -0.15) is 0 Å². The second-order valence-corrected chi connectivity index (χ2v) is 9.41. The molecule has 1 aliphatic carbocycles. The smallest absolute Gasteiger partial charge is 0.271 e. The first-order valence-electron chi connectivity index (χ1n) is 8.44. The summed E-state index contributed by atoms with van der Waals surface area (Å²) in [4.78, 5) is 13.7. The van der Waals surface area contributed by atoms with Crippen molar-refractivity contribution in [3.05, 3.63) is 57.3 Å². The van der Waals surface area contributed by atoms with E-state index in [1.807, 2.05) is 17.5 Å². The average Bonchev–Trinajstić information content (AvgIpc) is 3.21. The van der Waals surface area contributed by atoms with Crippen LogP contribution in [0.15, 0.2) is 51.5 Å². The van der Waals surface area contributed by atoms with Crippen LogP contribution in [-0.4, -0.2) is 29.3 Å². The number of benzene rings is 1. The molecule has 2 heterocycles. The number of nitrogens with zero attached hydrogens (tertiary/aromatic N) is 3. The number of hydrogen-bond acceptors (Lipinski definition) is 5. The van der Waals surface area contributed by atoms with E-state index >= 15 is 0 Å². The van der Waals surface area contributed by atoms with Crippen LogP contribution in [0.2, 0.25) is 5.02 Å². The van der Waals surface area contributed by atoms with Crippen LogP contribution in [0.25, 0.3) is 10.7 Å². The molecule has 7 nitrogen and oxygen atoms in total. The summed E-state index contributed by atoms with van der Waals surface area (Å²) in [5.41, 5.74) is -0.206. The highest BCUT2D eigenvalue weighted by Gasteiger charge is 2.30. The predicted molar refractivity (Wildman–Crippen MR) is 105 cm³/mol. The molecule has 1 aromatic carbocycles. The van der Waals surface area contributed by atoms with Crippen LogP contribution in [0.4, 0.5) is 0 Å². The largest absolute Gasteiger partial charge is 0.346 e. The highest BCUT2D eigenvalue weighted by molar-refractivity contribution is 7.89. The summed E-state index contributed by atoms with van der Waals surface area (Å²) >= 11 is 7.38. The highest BCUT2D eigenvalue weighted by atomic mass is 35.5. The Bertz CT molecular complexity index is 1120. The second kappa shape index (κ2) is 7.23. The van der Waals surface area contributed by atoms with Crippen LogP contribution in [-0.2, 0) is 16.6 Å². The Morgan fingerprint density at radius 2 is 2.07 bits per heavy atom. The van der Waals surface area contributed by atoms with Gasteiger partial charge in [-0.25, -0.2) is 22.6 Å². The van der Waals surface area contributed by atoms with E-state index in [1.54, 1.807) is 16.7 Å². The average molecular weight is 425 g/mol. The molecule has 0 unspecified atom stereocenters. The zero-order valence-corrected chi connectivity index (χ0v) is 16.6. The molecule has 27 heavy (non-hydrogen) atoms. The van der Waals surface area contributed by atoms with Crippen LogP contribution in [0, 0.1) is 0 Å². The Morgan fingerprint density at radius 1 is 1.26 bits per heavy atom. The topological polar surface area (TPSA) is 86.0 Å². The van der Waals surface area contributed by atoms with E-state index in [0.29, 0.717) is 10.8 Å². The van der Waals surface area contributed by atoms with Crippen LogP contribution in [0.3, 0.4) is 0 Å². The molecule has 0 radical (unpaired) electrons. The van der Waals surface area contributed by atoms with Gasteiger partial charge in [-0.3, -0.25) is 4.57 Å². The van der Waals surface area contributed by atoms with Gasteiger partial charge in [0.25, 0.3) is 0 Å². The zero-order chi connectivity index (χ0) is 19.0. The molecule has 3 aromatic rings. The molecular formula is C17H17ClN4O3S2. The Morgan fingerprint density at radius 3 is 2.74 bits per heavy atom. The van der Waals surface area contributed by atoms with Crippen LogP contribution in [0.5, 0.6) is 0 Å². The number of nitrogens with one attached hydrogen (secondary N) is 1. The summed E-state index contributed by atoms with van der Waals surface area (Å²) in [5, 5.41) is 6.73. The minimum atomic E-state index is -3.70. The van der Waals surface area contributed by atoms with Crippen molar-refractivity contribution < 1.29 is 8.42 Å². The number of thiophene rings is 1. The van der Waals surface area contributed by atoms with Crippen LogP contribution >= 0.6 is 22.9 Å². The molecule has 4 rings (SSSR count). The van der Waals surface area contributed by atoms with E-state index in [0.717, 1.165) is 17.7 Å². The van der Waals surface area contributed by atoms with Gasteiger partial charge in [0.15, 0.2) is 5.82 Å². The van der Waals surface area contributed by atoms with E-state index < -0.39 is 10.0 Å². The fourth-order valence-corrected chi connectivity index (χ4v) is 4.83. The summed E-state index contributed by atoms with van der Waals surface area (Å²) < 4.78 is 30.3. The Hall–Kier alpha value is -1.94. The zero-order valence-electron chi connectivity index (χ0n) is 14.2. The normalized spacial score (nSPS) is 14.6. The molecule has 0 spiro atoms. The van der Waals surface area contributed by atoms with Crippen LogP contribution in [0.1, 0.15) is 18.9 Å². The minimum Gasteiger partial charge on any atom is -0.271 e. The Labute approximate surface area is 165 Å². The minimum absolute atomic E-state index is 0.0559. The van der Waals surface area contributed by atoms with E-state index in [2.05, 4.69) is 9.82 Å². The first-order chi connectivity index (χ1) is 13.0. The molecule has 1 saturated carbocycles. The summed E-state index contributed by atoms with van der Waals surface area (Å²) in [7, 11) is -3.70. The third kappa shape index (κ3) is 3.86. The molecule has 0 saturated heterocycles. The lowest BCUT2D eigenvalue weighted by molar-refractivity contribution is 0.547. The van der Waals surface area contributed by atoms with E-state index in [1.165, 1.54) is 28.2 Å². The maximum atomic E-state index is 12.7. The van der Waals surface area contributed by atoms with E-state index in [-0.39, 0.29) is 29.7 Å². The van der Waals surface area contributed by atoms with Gasteiger partial charge < -0.3 is 0 Å². The van der Waals surface area contributed by atoms with Crippen molar-refractivity contribution in [2.45, 2.75) is 30.3 Å². The number of hydrogen-bond donors (Lipinski definition) is 1. The van der Waals surface area contributed by atoms with Gasteiger partial charge >= 0.3 is 5.69 Å². The molecule has 1 aliphatic rings. The summed E-state index contributed by atoms with van der Waals surface area (Å²) in [6, 6.07) is 10.1. The summed E-state index contributed by atoms with van der Waals surface area (Å²) in [6.45, 7) is 0.205. The lowest BCUT2D eigenvalue weighted by Crippen LogP contribution is -2.32. The Balaban J connectivity index is 1.52. The maximum Gasteiger partial charge on any atom is 0.346 e. The van der Waals surface area contributed by atoms with Crippen molar-refractivity contribution in [2.24, 2.45) is 0 Å². The molecule has 0 atom stereocenters. The van der Waals surface area contributed by atoms with Crippen LogP contribution < -0.4 is 10.4 Å². The van der Waals surface area contributed by atoms with Crippen molar-refractivity contribution in [1.29, 1.82) is 0 Å². The number of halogens is 1. The number of aromatic nitrogens is 3. The monoisotopic (exact) mass is 424 g/mol. The van der Waals surface area contributed by atoms with Gasteiger partial charge in [0, 0.05) is 17.6 Å². The van der Waals surface area contributed by atoms with Gasteiger partial charge in [0.05, 0.1) is 16.3 Å². The fraction of sp³-hybridized carbons (Fsp3) is 0.294. The van der Waals surface area contributed by atoms with Gasteiger partial charge in [0.1, 0.15) is 0 Å². The highest BCUT2D eigenvalue weighted by Crippen LogP contribution is 2.37. The summed E-state index contributed by atoms with van der Waals surface area (Å²) in [5.74, 6) is 0.648. The molecule has 142 valence electrons. The SMILES string of the molecule is O=c1n(CCNS(=O)(=O)c2cccc(Cl)c2)nc(-c2cccs2)n1C1CC1. The second-order valence-electron chi connectivity index (χ2n) is 6.26. The van der Waals surface area contributed by atoms with Crippen molar-refractivity contribution in [1.82, 2.24) is 19.1 Å². The predicted octanol–water partition coefficient (Wildman–Crippen LogP) is 2.74. The maximum absolute atomic E-state index is 12.7. The number of sulfonamides is 1. The van der Waals surface area contributed by atoms with Crippen molar-refractivity contribution in [3.8, 4) is 10.7 Å². The van der Waals surface area contributed by atoms with Gasteiger partial charge in [-0.05, 0) is 42.5 Å². The lowest BCUT2D eigenvalue weighted by Gasteiger charge is -2.06. The standard InChI is InChI=1S/C17H17ClN4O3S2/c18-12-3-1-4-14(11-12)27(24,25)19-8-9-21-17(23)22(13-6-7-13)16(20-21)15-5-2-10-26-15/h1-5,10-11,13,19H,6-9H2. The lowest BCUT2D eigenvalue weighted by atomic mass is 10.4. The quantitative estimate of drug-likeness (QED) is 0.631. The molecule has 10 heteroatoms. The van der Waals surface area contributed by atoms with Gasteiger partial charge in [-0.1, -0.05) is 23.7 Å². The first-order valence-corrected chi connectivity index (χ1v) is 11.2. The van der Waals surface area contributed by atoms with Crippen molar-refractivity contribution in [2.75, 3.05) is 6.54 Å². The Kier molecular flexibility index (Phi) is 4.94. The van der Waals surface area contributed by atoms with Crippen molar-refractivity contribution in [3.63, 3.8) is 0 Å². The molecule has 0 bridgehead atoms. The molecule has 1 N–H and O–H groups in total. The third-order valence-electron chi connectivity index (χ3n) is 4.25. The first kappa shape index (κ1) is 18.4. The van der Waals surface area contributed by atoms with Gasteiger partial charge in [-0.15, -0.1) is 16.4 Å². The number of rotatable bonds is 7.